The lowest BCUT2D eigenvalue weighted by Gasteiger charge is -2.23. The molecule has 0 spiro atoms. The van der Waals surface area contributed by atoms with Crippen molar-refractivity contribution in [3.63, 3.8) is 0 Å². The van der Waals surface area contributed by atoms with Crippen LogP contribution in [0.3, 0.4) is 0 Å². The van der Waals surface area contributed by atoms with Crippen molar-refractivity contribution >= 4 is 10.8 Å². The van der Waals surface area contributed by atoms with Gasteiger partial charge in [0.25, 0.3) is 0 Å². The Kier molecular flexibility index (Phi) is 3.40. The Labute approximate surface area is 113 Å². The van der Waals surface area contributed by atoms with Crippen LogP contribution < -0.4 is 10.5 Å². The highest BCUT2D eigenvalue weighted by Crippen LogP contribution is 2.34. The number of ether oxygens (including phenoxy) is 1. The van der Waals surface area contributed by atoms with Gasteiger partial charge >= 0.3 is 0 Å². The number of aliphatic hydroxyl groups excluding tert-OH is 1. The van der Waals surface area contributed by atoms with Gasteiger partial charge < -0.3 is 15.6 Å². The van der Waals surface area contributed by atoms with Gasteiger partial charge in [-0.2, -0.15) is 0 Å². The van der Waals surface area contributed by atoms with E-state index in [0.29, 0.717) is 5.92 Å². The second-order valence-corrected chi connectivity index (χ2v) is 5.26. The summed E-state index contributed by atoms with van der Waals surface area (Å²) in [5.74, 6) is 1.28. The average Bonchev–Trinajstić information content (AvgIpc) is 3.28. The zero-order valence-corrected chi connectivity index (χ0v) is 10.8. The van der Waals surface area contributed by atoms with Crippen LogP contribution in [0, 0.1) is 5.92 Å². The van der Waals surface area contributed by atoms with Crippen molar-refractivity contribution in [1.29, 1.82) is 0 Å². The number of rotatable bonds is 5. The third kappa shape index (κ3) is 2.72. The molecule has 1 saturated carbocycles. The first-order valence-corrected chi connectivity index (χ1v) is 6.80. The molecule has 3 N–H and O–H groups in total. The molecule has 0 aliphatic heterocycles. The second kappa shape index (κ2) is 5.19. The molecule has 2 unspecified atom stereocenters. The minimum absolute atomic E-state index is 0.0372. The van der Waals surface area contributed by atoms with Crippen molar-refractivity contribution in [1.82, 2.24) is 0 Å². The lowest BCUT2D eigenvalue weighted by atomic mass is 10.1. The van der Waals surface area contributed by atoms with Gasteiger partial charge in [-0.05, 0) is 41.7 Å². The lowest BCUT2D eigenvalue weighted by Crippen LogP contribution is -2.43. The topological polar surface area (TPSA) is 55.5 Å². The maximum Gasteiger partial charge on any atom is 0.137 e. The van der Waals surface area contributed by atoms with E-state index in [-0.39, 0.29) is 18.8 Å². The van der Waals surface area contributed by atoms with E-state index in [0.717, 1.165) is 24.0 Å². The zero-order chi connectivity index (χ0) is 13.2. The first-order valence-electron chi connectivity index (χ1n) is 6.80. The van der Waals surface area contributed by atoms with Crippen molar-refractivity contribution in [2.45, 2.75) is 25.0 Å². The molecule has 3 rings (SSSR count). The van der Waals surface area contributed by atoms with Crippen molar-refractivity contribution in [3.8, 4) is 5.75 Å². The lowest BCUT2D eigenvalue weighted by molar-refractivity contribution is 0.0883. The van der Waals surface area contributed by atoms with E-state index in [2.05, 4.69) is 12.1 Å². The van der Waals surface area contributed by atoms with E-state index >= 15 is 0 Å². The van der Waals surface area contributed by atoms with Crippen LogP contribution in [-0.4, -0.2) is 23.9 Å². The van der Waals surface area contributed by atoms with Gasteiger partial charge in [-0.15, -0.1) is 0 Å². The van der Waals surface area contributed by atoms with Crippen LogP contribution in [-0.2, 0) is 0 Å². The molecule has 1 aliphatic rings. The molecule has 2 atom stereocenters. The van der Waals surface area contributed by atoms with E-state index in [1.54, 1.807) is 0 Å². The van der Waals surface area contributed by atoms with Crippen LogP contribution in [0.15, 0.2) is 42.5 Å². The molecule has 1 fully saturated rings. The summed E-state index contributed by atoms with van der Waals surface area (Å²) in [5, 5.41) is 11.8. The van der Waals surface area contributed by atoms with E-state index < -0.39 is 0 Å². The summed E-state index contributed by atoms with van der Waals surface area (Å²) in [7, 11) is 0. The summed E-state index contributed by atoms with van der Waals surface area (Å²) >= 11 is 0. The van der Waals surface area contributed by atoms with E-state index in [1.165, 1.54) is 5.39 Å². The molecule has 0 saturated heterocycles. The molecule has 100 valence electrons. The summed E-state index contributed by atoms with van der Waals surface area (Å²) in [5.41, 5.74) is 6.11. The van der Waals surface area contributed by atoms with E-state index in [9.17, 15) is 5.11 Å². The van der Waals surface area contributed by atoms with Crippen LogP contribution in [0.1, 0.15) is 12.8 Å². The predicted octanol–water partition coefficient (Wildman–Crippen LogP) is 2.32. The minimum atomic E-state index is -0.311. The van der Waals surface area contributed by atoms with Gasteiger partial charge in [-0.3, -0.25) is 0 Å². The molecular formula is C16H19NO2. The van der Waals surface area contributed by atoms with Crippen LogP contribution in [0.4, 0.5) is 0 Å². The minimum Gasteiger partial charge on any atom is -0.486 e. The van der Waals surface area contributed by atoms with Gasteiger partial charge in [-0.25, -0.2) is 0 Å². The fourth-order valence-corrected chi connectivity index (χ4v) is 2.44. The summed E-state index contributed by atoms with van der Waals surface area (Å²) in [4.78, 5) is 0. The molecule has 2 aromatic rings. The second-order valence-electron chi connectivity index (χ2n) is 5.26. The molecule has 19 heavy (non-hydrogen) atoms. The fraction of sp³-hybridized carbons (Fsp3) is 0.375. The smallest absolute Gasteiger partial charge is 0.137 e. The van der Waals surface area contributed by atoms with Crippen molar-refractivity contribution in [3.05, 3.63) is 42.5 Å². The summed E-state index contributed by atoms with van der Waals surface area (Å²) in [6.45, 7) is -0.0372. The maximum atomic E-state index is 9.44. The SMILES string of the molecule is NC(C1CC1)C(CO)Oc1ccc2ccccc2c1. The van der Waals surface area contributed by atoms with E-state index in [1.807, 2.05) is 30.3 Å². The molecule has 0 heterocycles. The van der Waals surface area contributed by atoms with Crippen molar-refractivity contribution in [2.75, 3.05) is 6.61 Å². The summed E-state index contributed by atoms with van der Waals surface area (Å²) < 4.78 is 5.86. The quantitative estimate of drug-likeness (QED) is 0.864. The molecular weight excluding hydrogens is 238 g/mol. The maximum absolute atomic E-state index is 9.44. The number of hydrogen-bond acceptors (Lipinski definition) is 3. The van der Waals surface area contributed by atoms with Gasteiger partial charge in [0.2, 0.25) is 0 Å². The number of aliphatic hydroxyl groups is 1. The van der Waals surface area contributed by atoms with Gasteiger partial charge in [0, 0.05) is 6.04 Å². The number of hydrogen-bond donors (Lipinski definition) is 2. The van der Waals surface area contributed by atoms with Gasteiger partial charge in [-0.1, -0.05) is 30.3 Å². The largest absolute Gasteiger partial charge is 0.486 e. The Hall–Kier alpha value is -1.58. The standard InChI is InChI=1S/C16H19NO2/c17-16(12-5-6-12)15(10-18)19-14-8-7-11-3-1-2-4-13(11)9-14/h1-4,7-9,12,15-16,18H,5-6,10,17H2. The summed E-state index contributed by atoms with van der Waals surface area (Å²) in [6.07, 6.45) is 1.99. The van der Waals surface area contributed by atoms with E-state index in [4.69, 9.17) is 10.5 Å². The highest BCUT2D eigenvalue weighted by molar-refractivity contribution is 5.83. The summed E-state index contributed by atoms with van der Waals surface area (Å²) in [6, 6.07) is 14.0. The Balaban J connectivity index is 1.79. The van der Waals surface area contributed by atoms with Gasteiger partial charge in [0.05, 0.1) is 6.61 Å². The Morgan fingerprint density at radius 3 is 2.58 bits per heavy atom. The average molecular weight is 257 g/mol. The highest BCUT2D eigenvalue weighted by atomic mass is 16.5. The van der Waals surface area contributed by atoms with Crippen molar-refractivity contribution < 1.29 is 9.84 Å². The van der Waals surface area contributed by atoms with Crippen LogP contribution in [0.25, 0.3) is 10.8 Å². The third-order valence-corrected chi connectivity index (χ3v) is 3.78. The molecule has 3 nitrogen and oxygen atoms in total. The Morgan fingerprint density at radius 2 is 1.89 bits per heavy atom. The normalized spacial score (nSPS) is 18.2. The van der Waals surface area contributed by atoms with Crippen LogP contribution in [0.2, 0.25) is 0 Å². The molecule has 0 aromatic heterocycles. The molecule has 1 aliphatic carbocycles. The van der Waals surface area contributed by atoms with Gasteiger partial charge in [0.15, 0.2) is 0 Å². The predicted molar refractivity (Wildman–Crippen MR) is 76.1 cm³/mol. The molecule has 3 heteroatoms. The molecule has 2 aromatic carbocycles. The first kappa shape index (κ1) is 12.5. The Bertz CT molecular complexity index is 565. The van der Waals surface area contributed by atoms with Crippen LogP contribution in [0.5, 0.6) is 5.75 Å². The zero-order valence-electron chi connectivity index (χ0n) is 10.8. The molecule has 0 amide bonds. The number of benzene rings is 2. The highest BCUT2D eigenvalue weighted by Gasteiger charge is 2.34. The number of fused-ring (bicyclic) bond motifs is 1. The number of nitrogens with two attached hydrogens (primary N) is 1. The monoisotopic (exact) mass is 257 g/mol. The third-order valence-electron chi connectivity index (χ3n) is 3.78. The molecule has 0 bridgehead atoms. The fourth-order valence-electron chi connectivity index (χ4n) is 2.44. The van der Waals surface area contributed by atoms with Crippen molar-refractivity contribution in [2.24, 2.45) is 11.7 Å². The molecule has 0 radical (unpaired) electrons. The Morgan fingerprint density at radius 1 is 1.16 bits per heavy atom. The van der Waals surface area contributed by atoms with Crippen LogP contribution >= 0.6 is 0 Å². The first-order chi connectivity index (χ1) is 9.28. The van der Waals surface area contributed by atoms with Gasteiger partial charge in [0.1, 0.15) is 11.9 Å².